The predicted octanol–water partition coefficient (Wildman–Crippen LogP) is 5.51. The van der Waals surface area contributed by atoms with Crippen LogP contribution in [-0.2, 0) is 0 Å². The summed E-state index contributed by atoms with van der Waals surface area (Å²) in [7, 11) is 0. The van der Waals surface area contributed by atoms with Gasteiger partial charge in [-0.3, -0.25) is 0 Å². The fraction of sp³-hybridized carbons (Fsp3) is 0.143. The SMILES string of the molecule is FC(F)Oc1c(Cl)cccc1-c1ccccc1OC(F)(F)F. The zero-order chi connectivity index (χ0) is 16.3. The molecule has 0 atom stereocenters. The summed E-state index contributed by atoms with van der Waals surface area (Å²) in [6, 6.07) is 9.11. The Morgan fingerprint density at radius 1 is 0.909 bits per heavy atom. The van der Waals surface area contributed by atoms with Crippen LogP contribution in [0.3, 0.4) is 0 Å². The molecular weight excluding hydrogens is 331 g/mol. The van der Waals surface area contributed by atoms with E-state index in [4.69, 9.17) is 11.6 Å². The standard InChI is InChI=1S/C14H8ClF5O2/c15-10-6-3-5-9(12(10)21-13(16)17)8-4-1-2-7-11(8)22-14(18,19)20/h1-7,13H. The van der Waals surface area contributed by atoms with Crippen molar-refractivity contribution in [2.45, 2.75) is 13.0 Å². The van der Waals surface area contributed by atoms with Gasteiger partial charge in [0.25, 0.3) is 0 Å². The minimum absolute atomic E-state index is 0.0346. The van der Waals surface area contributed by atoms with Crippen molar-refractivity contribution in [2.75, 3.05) is 0 Å². The molecule has 118 valence electrons. The first kappa shape index (κ1) is 16.4. The summed E-state index contributed by atoms with van der Waals surface area (Å²) in [5.74, 6) is -0.964. The molecule has 2 aromatic carbocycles. The van der Waals surface area contributed by atoms with Crippen LogP contribution in [0, 0.1) is 0 Å². The third-order valence-electron chi connectivity index (χ3n) is 2.58. The number of para-hydroxylation sites is 2. The van der Waals surface area contributed by atoms with Gasteiger partial charge in [0.05, 0.1) is 5.02 Å². The Labute approximate surface area is 127 Å². The van der Waals surface area contributed by atoms with Crippen molar-refractivity contribution in [3.8, 4) is 22.6 Å². The van der Waals surface area contributed by atoms with Crippen molar-refractivity contribution in [1.82, 2.24) is 0 Å². The minimum Gasteiger partial charge on any atom is -0.433 e. The predicted molar refractivity (Wildman–Crippen MR) is 70.2 cm³/mol. The van der Waals surface area contributed by atoms with Gasteiger partial charge in [-0.05, 0) is 12.1 Å². The van der Waals surface area contributed by atoms with E-state index in [0.717, 1.165) is 6.07 Å². The Hall–Kier alpha value is -2.02. The van der Waals surface area contributed by atoms with Gasteiger partial charge in [0.15, 0.2) is 5.75 Å². The van der Waals surface area contributed by atoms with Crippen LogP contribution in [0.4, 0.5) is 22.0 Å². The van der Waals surface area contributed by atoms with E-state index in [2.05, 4.69) is 9.47 Å². The molecule has 0 unspecified atom stereocenters. The van der Waals surface area contributed by atoms with Crippen LogP contribution in [0.1, 0.15) is 0 Å². The van der Waals surface area contributed by atoms with Crippen LogP contribution in [-0.4, -0.2) is 13.0 Å². The molecule has 0 aliphatic rings. The second-order valence-electron chi connectivity index (χ2n) is 4.04. The molecule has 2 nitrogen and oxygen atoms in total. The highest BCUT2D eigenvalue weighted by molar-refractivity contribution is 6.32. The summed E-state index contributed by atoms with van der Waals surface area (Å²) in [5, 5.41) is -0.153. The van der Waals surface area contributed by atoms with Crippen molar-refractivity contribution in [3.05, 3.63) is 47.5 Å². The smallest absolute Gasteiger partial charge is 0.433 e. The number of hydrogen-bond donors (Lipinski definition) is 0. The first-order chi connectivity index (χ1) is 10.3. The molecule has 0 aromatic heterocycles. The second kappa shape index (κ2) is 6.39. The fourth-order valence-electron chi connectivity index (χ4n) is 1.83. The van der Waals surface area contributed by atoms with Crippen LogP contribution in [0.5, 0.6) is 11.5 Å². The van der Waals surface area contributed by atoms with Crippen molar-refractivity contribution in [2.24, 2.45) is 0 Å². The zero-order valence-electron chi connectivity index (χ0n) is 10.7. The van der Waals surface area contributed by atoms with Gasteiger partial charge in [0.1, 0.15) is 5.75 Å². The molecule has 8 heteroatoms. The molecule has 0 amide bonds. The summed E-state index contributed by atoms with van der Waals surface area (Å²) in [5.41, 5.74) is -0.106. The normalized spacial score (nSPS) is 11.6. The van der Waals surface area contributed by atoms with Crippen LogP contribution in [0.2, 0.25) is 5.02 Å². The van der Waals surface area contributed by atoms with E-state index >= 15 is 0 Å². The van der Waals surface area contributed by atoms with Crippen LogP contribution in [0.15, 0.2) is 42.5 Å². The third kappa shape index (κ3) is 4.00. The Kier molecular flexibility index (Phi) is 4.75. The fourth-order valence-corrected chi connectivity index (χ4v) is 2.05. The maximum atomic E-state index is 12.5. The van der Waals surface area contributed by atoms with Crippen LogP contribution < -0.4 is 9.47 Å². The lowest BCUT2D eigenvalue weighted by Gasteiger charge is -2.16. The van der Waals surface area contributed by atoms with Gasteiger partial charge in [-0.15, -0.1) is 13.2 Å². The van der Waals surface area contributed by atoms with Gasteiger partial charge < -0.3 is 9.47 Å². The molecule has 0 aliphatic heterocycles. The van der Waals surface area contributed by atoms with Gasteiger partial charge in [-0.2, -0.15) is 8.78 Å². The molecule has 0 spiro atoms. The van der Waals surface area contributed by atoms with Crippen molar-refractivity contribution in [1.29, 1.82) is 0 Å². The van der Waals surface area contributed by atoms with Gasteiger partial charge in [0.2, 0.25) is 0 Å². The molecular formula is C14H8ClF5O2. The average Bonchev–Trinajstić information content (AvgIpc) is 2.40. The Bertz CT molecular complexity index is 658. The Morgan fingerprint density at radius 3 is 2.18 bits per heavy atom. The average molecular weight is 339 g/mol. The first-order valence-corrected chi connectivity index (χ1v) is 6.24. The molecule has 0 bridgehead atoms. The van der Waals surface area contributed by atoms with Gasteiger partial charge in [-0.1, -0.05) is 41.9 Å². The molecule has 0 saturated heterocycles. The topological polar surface area (TPSA) is 18.5 Å². The quantitative estimate of drug-likeness (QED) is 0.685. The number of benzene rings is 2. The number of alkyl halides is 5. The number of rotatable bonds is 4. The molecule has 2 aromatic rings. The number of hydrogen-bond acceptors (Lipinski definition) is 2. The lowest BCUT2D eigenvalue weighted by atomic mass is 10.0. The summed E-state index contributed by atoms with van der Waals surface area (Å²) in [4.78, 5) is 0. The van der Waals surface area contributed by atoms with Crippen molar-refractivity contribution in [3.63, 3.8) is 0 Å². The second-order valence-corrected chi connectivity index (χ2v) is 4.45. The van der Waals surface area contributed by atoms with Crippen molar-refractivity contribution >= 4 is 11.6 Å². The summed E-state index contributed by atoms with van der Waals surface area (Å²) >= 11 is 5.79. The molecule has 0 saturated carbocycles. The maximum absolute atomic E-state index is 12.5. The zero-order valence-corrected chi connectivity index (χ0v) is 11.5. The largest absolute Gasteiger partial charge is 0.573 e. The van der Waals surface area contributed by atoms with Crippen molar-refractivity contribution < 1.29 is 31.4 Å². The highest BCUT2D eigenvalue weighted by Crippen LogP contribution is 2.42. The first-order valence-electron chi connectivity index (χ1n) is 5.86. The Balaban J connectivity index is 2.55. The maximum Gasteiger partial charge on any atom is 0.573 e. The summed E-state index contributed by atoms with van der Waals surface area (Å²) in [6.07, 6.45) is -4.92. The van der Waals surface area contributed by atoms with E-state index < -0.39 is 24.5 Å². The van der Waals surface area contributed by atoms with E-state index in [1.807, 2.05) is 0 Å². The molecule has 0 aliphatic carbocycles. The molecule has 0 heterocycles. The number of halogens is 6. The molecule has 0 N–H and O–H groups in total. The van der Waals surface area contributed by atoms with E-state index in [0.29, 0.717) is 0 Å². The number of ether oxygens (including phenoxy) is 2. The van der Waals surface area contributed by atoms with Gasteiger partial charge in [-0.25, -0.2) is 0 Å². The molecule has 22 heavy (non-hydrogen) atoms. The minimum atomic E-state index is -4.92. The van der Waals surface area contributed by atoms with E-state index in [9.17, 15) is 22.0 Å². The summed E-state index contributed by atoms with van der Waals surface area (Å²) in [6.45, 7) is -3.17. The highest BCUT2D eigenvalue weighted by atomic mass is 35.5. The van der Waals surface area contributed by atoms with E-state index in [-0.39, 0.29) is 16.1 Å². The molecule has 0 fully saturated rings. The van der Waals surface area contributed by atoms with E-state index in [1.54, 1.807) is 0 Å². The third-order valence-corrected chi connectivity index (χ3v) is 2.87. The highest BCUT2D eigenvalue weighted by Gasteiger charge is 2.32. The van der Waals surface area contributed by atoms with Gasteiger partial charge >= 0.3 is 13.0 Å². The van der Waals surface area contributed by atoms with E-state index in [1.165, 1.54) is 36.4 Å². The Morgan fingerprint density at radius 2 is 1.55 bits per heavy atom. The van der Waals surface area contributed by atoms with Crippen LogP contribution in [0.25, 0.3) is 11.1 Å². The van der Waals surface area contributed by atoms with Gasteiger partial charge in [0, 0.05) is 11.1 Å². The van der Waals surface area contributed by atoms with Crippen LogP contribution >= 0.6 is 11.6 Å². The lowest BCUT2D eigenvalue weighted by molar-refractivity contribution is -0.274. The monoisotopic (exact) mass is 338 g/mol. The lowest BCUT2D eigenvalue weighted by Crippen LogP contribution is -2.17. The summed E-state index contributed by atoms with van der Waals surface area (Å²) < 4.78 is 70.4. The molecule has 2 rings (SSSR count). The molecule has 0 radical (unpaired) electrons.